The summed E-state index contributed by atoms with van der Waals surface area (Å²) in [4.78, 5) is 22.4. The molecule has 1 N–H and O–H groups in total. The van der Waals surface area contributed by atoms with E-state index in [1.54, 1.807) is 6.92 Å². The van der Waals surface area contributed by atoms with E-state index < -0.39 is 11.8 Å². The summed E-state index contributed by atoms with van der Waals surface area (Å²) < 4.78 is 6.00. The highest BCUT2D eigenvalue weighted by Crippen LogP contribution is 2.32. The second-order valence-corrected chi connectivity index (χ2v) is 4.60. The van der Waals surface area contributed by atoms with Gasteiger partial charge in [0.25, 0.3) is 0 Å². The maximum atomic E-state index is 12.0. The van der Waals surface area contributed by atoms with Crippen molar-refractivity contribution in [3.63, 3.8) is 0 Å². The van der Waals surface area contributed by atoms with Gasteiger partial charge in [0.1, 0.15) is 5.75 Å². The van der Waals surface area contributed by atoms with Crippen LogP contribution in [0.25, 0.3) is 0 Å². The number of allylic oxidation sites excluding steroid dienone is 1. The first kappa shape index (κ1) is 14.4. The van der Waals surface area contributed by atoms with Crippen molar-refractivity contribution in [1.29, 1.82) is 0 Å². The number of aliphatic carboxylic acids is 1. The molecule has 0 fully saturated rings. The van der Waals surface area contributed by atoms with Crippen LogP contribution in [-0.4, -0.2) is 24.0 Å². The zero-order valence-corrected chi connectivity index (χ0v) is 11.9. The molecule has 0 saturated heterocycles. The summed E-state index contributed by atoms with van der Waals surface area (Å²) in [6, 6.07) is 1.85. The summed E-state index contributed by atoms with van der Waals surface area (Å²) in [6.45, 7) is 3.59. The van der Waals surface area contributed by atoms with Crippen LogP contribution in [0, 0.1) is 13.8 Å². The van der Waals surface area contributed by atoms with Gasteiger partial charge in [-0.15, -0.1) is 0 Å². The molecular formula is C13H13BrO4. The van der Waals surface area contributed by atoms with Crippen LogP contribution in [0.1, 0.15) is 21.5 Å². The van der Waals surface area contributed by atoms with E-state index >= 15 is 0 Å². The fraction of sp³-hybridized carbons (Fsp3) is 0.231. The molecule has 0 amide bonds. The van der Waals surface area contributed by atoms with E-state index in [1.165, 1.54) is 7.11 Å². The molecule has 0 spiro atoms. The molecule has 5 heteroatoms. The molecule has 1 aromatic carbocycles. The average molecular weight is 313 g/mol. The van der Waals surface area contributed by atoms with E-state index in [9.17, 15) is 9.59 Å². The number of carbonyl (C=O) groups is 2. The Kier molecular flexibility index (Phi) is 4.67. The van der Waals surface area contributed by atoms with Gasteiger partial charge < -0.3 is 9.84 Å². The van der Waals surface area contributed by atoms with Crippen molar-refractivity contribution in [2.45, 2.75) is 13.8 Å². The highest BCUT2D eigenvalue weighted by atomic mass is 79.9. The SMILES string of the molecule is COc1c(C)cc(Br)c(C)c1C(=O)/C=C/C(=O)O. The number of rotatable bonds is 4. The van der Waals surface area contributed by atoms with Gasteiger partial charge in [-0.2, -0.15) is 0 Å². The Morgan fingerprint density at radius 3 is 2.44 bits per heavy atom. The van der Waals surface area contributed by atoms with Crippen LogP contribution < -0.4 is 4.74 Å². The van der Waals surface area contributed by atoms with Gasteiger partial charge in [-0.3, -0.25) is 4.79 Å². The van der Waals surface area contributed by atoms with Crippen molar-refractivity contribution in [2.24, 2.45) is 0 Å². The number of hydrogen-bond donors (Lipinski definition) is 1. The minimum atomic E-state index is -1.16. The minimum Gasteiger partial charge on any atom is -0.496 e. The van der Waals surface area contributed by atoms with Crippen LogP contribution in [0.2, 0.25) is 0 Å². The van der Waals surface area contributed by atoms with E-state index in [0.29, 0.717) is 11.3 Å². The van der Waals surface area contributed by atoms with Gasteiger partial charge in [0.2, 0.25) is 0 Å². The number of carboxylic acid groups (broad SMARTS) is 1. The molecule has 0 aliphatic carbocycles. The summed E-state index contributed by atoms with van der Waals surface area (Å²) in [7, 11) is 1.48. The first-order valence-corrected chi connectivity index (χ1v) is 5.96. The van der Waals surface area contributed by atoms with E-state index in [2.05, 4.69) is 15.9 Å². The monoisotopic (exact) mass is 312 g/mol. The number of ether oxygens (including phenoxy) is 1. The van der Waals surface area contributed by atoms with Gasteiger partial charge in [-0.1, -0.05) is 15.9 Å². The Hall–Kier alpha value is -1.62. The Morgan fingerprint density at radius 1 is 1.33 bits per heavy atom. The van der Waals surface area contributed by atoms with Crippen molar-refractivity contribution in [2.75, 3.05) is 7.11 Å². The first-order chi connectivity index (χ1) is 8.38. The second-order valence-electron chi connectivity index (χ2n) is 3.74. The molecule has 18 heavy (non-hydrogen) atoms. The van der Waals surface area contributed by atoms with Crippen molar-refractivity contribution < 1.29 is 19.4 Å². The van der Waals surface area contributed by atoms with E-state index in [4.69, 9.17) is 9.84 Å². The largest absolute Gasteiger partial charge is 0.496 e. The molecule has 4 nitrogen and oxygen atoms in total. The molecule has 0 atom stereocenters. The van der Waals surface area contributed by atoms with Crippen molar-refractivity contribution >= 4 is 27.7 Å². The topological polar surface area (TPSA) is 63.6 Å². The zero-order chi connectivity index (χ0) is 13.9. The predicted octanol–water partition coefficient (Wildman–Crippen LogP) is 2.90. The van der Waals surface area contributed by atoms with Gasteiger partial charge in [-0.25, -0.2) is 4.79 Å². The lowest BCUT2D eigenvalue weighted by Gasteiger charge is -2.13. The molecule has 0 aromatic heterocycles. The fourth-order valence-electron chi connectivity index (χ4n) is 1.64. The number of carbonyl (C=O) groups excluding carboxylic acids is 1. The number of aryl methyl sites for hydroxylation is 1. The molecule has 0 bridgehead atoms. The third-order valence-corrected chi connectivity index (χ3v) is 3.31. The van der Waals surface area contributed by atoms with Crippen LogP contribution in [0.3, 0.4) is 0 Å². The molecule has 1 aromatic rings. The van der Waals surface area contributed by atoms with Crippen molar-refractivity contribution in [1.82, 2.24) is 0 Å². The average Bonchev–Trinajstić information content (AvgIpc) is 2.30. The Balaban J connectivity index is 3.38. The summed E-state index contributed by atoms with van der Waals surface area (Å²) in [5.41, 5.74) is 1.90. The molecule has 96 valence electrons. The third kappa shape index (κ3) is 2.98. The Labute approximate surface area is 113 Å². The highest BCUT2D eigenvalue weighted by Gasteiger charge is 2.18. The maximum absolute atomic E-state index is 12.0. The number of benzene rings is 1. The summed E-state index contributed by atoms with van der Waals surface area (Å²) in [6.07, 6.45) is 1.84. The number of halogens is 1. The lowest BCUT2D eigenvalue weighted by atomic mass is 10.00. The molecule has 0 aliphatic rings. The van der Waals surface area contributed by atoms with Gasteiger partial charge >= 0.3 is 5.97 Å². The smallest absolute Gasteiger partial charge is 0.328 e. The normalized spacial score (nSPS) is 10.7. The number of ketones is 1. The first-order valence-electron chi connectivity index (χ1n) is 5.17. The van der Waals surface area contributed by atoms with Gasteiger partial charge in [0.05, 0.1) is 12.7 Å². The van der Waals surface area contributed by atoms with Crippen molar-refractivity contribution in [3.8, 4) is 5.75 Å². The fourth-order valence-corrected chi connectivity index (χ4v) is 2.18. The molecule has 0 saturated carbocycles. The van der Waals surface area contributed by atoms with Crippen LogP contribution in [-0.2, 0) is 4.79 Å². The van der Waals surface area contributed by atoms with E-state index in [0.717, 1.165) is 27.8 Å². The number of carboxylic acids is 1. The Morgan fingerprint density at radius 2 is 1.94 bits per heavy atom. The van der Waals surface area contributed by atoms with Gasteiger partial charge in [-0.05, 0) is 37.1 Å². The van der Waals surface area contributed by atoms with Gasteiger partial charge in [0.15, 0.2) is 5.78 Å². The summed E-state index contributed by atoms with van der Waals surface area (Å²) in [5.74, 6) is -1.08. The van der Waals surface area contributed by atoms with Crippen LogP contribution in [0.15, 0.2) is 22.7 Å². The quantitative estimate of drug-likeness (QED) is 0.686. The zero-order valence-electron chi connectivity index (χ0n) is 10.3. The number of hydrogen-bond acceptors (Lipinski definition) is 3. The lowest BCUT2D eigenvalue weighted by molar-refractivity contribution is -0.131. The van der Waals surface area contributed by atoms with Crippen LogP contribution in [0.4, 0.5) is 0 Å². The minimum absolute atomic E-state index is 0.377. The Bertz CT molecular complexity index is 532. The van der Waals surface area contributed by atoms with Crippen LogP contribution >= 0.6 is 15.9 Å². The molecule has 0 heterocycles. The summed E-state index contributed by atoms with van der Waals surface area (Å²) >= 11 is 3.36. The van der Waals surface area contributed by atoms with E-state index in [-0.39, 0.29) is 0 Å². The maximum Gasteiger partial charge on any atom is 0.328 e. The summed E-state index contributed by atoms with van der Waals surface area (Å²) in [5, 5.41) is 8.53. The van der Waals surface area contributed by atoms with Gasteiger partial charge in [0, 0.05) is 10.5 Å². The molecule has 1 rings (SSSR count). The molecule has 0 unspecified atom stereocenters. The standard InChI is InChI=1S/C13H13BrO4/c1-7-6-9(14)8(2)12(13(7)18-3)10(15)4-5-11(16)17/h4-6H,1-3H3,(H,16,17)/b5-4+. The lowest BCUT2D eigenvalue weighted by Crippen LogP contribution is -2.05. The third-order valence-electron chi connectivity index (χ3n) is 2.49. The highest BCUT2D eigenvalue weighted by molar-refractivity contribution is 9.10. The molecule has 0 aliphatic heterocycles. The second kappa shape index (κ2) is 5.82. The molecule has 0 radical (unpaired) electrons. The van der Waals surface area contributed by atoms with Crippen LogP contribution in [0.5, 0.6) is 5.75 Å². The van der Waals surface area contributed by atoms with Crippen molar-refractivity contribution in [3.05, 3.63) is 39.4 Å². The predicted molar refractivity (Wildman–Crippen MR) is 71.3 cm³/mol. The number of methoxy groups -OCH3 is 1. The molecular weight excluding hydrogens is 300 g/mol. The van der Waals surface area contributed by atoms with E-state index in [1.807, 2.05) is 13.0 Å².